The van der Waals surface area contributed by atoms with E-state index < -0.39 is 0 Å². The van der Waals surface area contributed by atoms with Gasteiger partial charge in [-0.1, -0.05) is 0 Å². The van der Waals surface area contributed by atoms with Crippen molar-refractivity contribution in [3.8, 4) is 17.1 Å². The number of aromatic nitrogens is 4. The molecule has 0 fully saturated rings. The van der Waals surface area contributed by atoms with Crippen LogP contribution < -0.4 is 15.8 Å². The number of methoxy groups -OCH3 is 1. The monoisotopic (exact) mass is 324 g/mol. The van der Waals surface area contributed by atoms with E-state index in [0.717, 1.165) is 11.3 Å². The van der Waals surface area contributed by atoms with E-state index >= 15 is 0 Å². The van der Waals surface area contributed by atoms with Gasteiger partial charge in [-0.2, -0.15) is 4.80 Å². The van der Waals surface area contributed by atoms with Crippen LogP contribution in [0.25, 0.3) is 11.4 Å². The van der Waals surface area contributed by atoms with E-state index in [1.54, 1.807) is 55.6 Å². The number of anilines is 2. The second-order valence-electron chi connectivity index (χ2n) is 5.04. The summed E-state index contributed by atoms with van der Waals surface area (Å²) in [7, 11) is 1.59. The normalized spacial score (nSPS) is 10.4. The number of ether oxygens (including phenoxy) is 1. The average molecular weight is 324 g/mol. The minimum absolute atomic E-state index is 0.0337. The lowest BCUT2D eigenvalue weighted by Gasteiger charge is -2.05. The molecule has 122 valence electrons. The van der Waals surface area contributed by atoms with Crippen molar-refractivity contribution in [1.29, 1.82) is 0 Å². The molecule has 1 amide bonds. The topological polar surface area (TPSA) is 108 Å². The van der Waals surface area contributed by atoms with E-state index in [-0.39, 0.29) is 12.5 Å². The highest BCUT2D eigenvalue weighted by Crippen LogP contribution is 2.16. The number of amides is 1. The Hall–Kier alpha value is -3.42. The lowest BCUT2D eigenvalue weighted by molar-refractivity contribution is -0.117. The van der Waals surface area contributed by atoms with E-state index in [0.29, 0.717) is 17.2 Å². The molecule has 0 aliphatic carbocycles. The Balaban J connectivity index is 1.63. The predicted molar refractivity (Wildman–Crippen MR) is 89.3 cm³/mol. The predicted octanol–water partition coefficient (Wildman–Crippen LogP) is 1.57. The largest absolute Gasteiger partial charge is 0.497 e. The molecular formula is C16H16N6O2. The quantitative estimate of drug-likeness (QED) is 0.690. The SMILES string of the molecule is COc1ccc(NC(=O)Cn2nnc(-c3ccc(N)cc3)n2)cc1. The Morgan fingerprint density at radius 2 is 1.88 bits per heavy atom. The van der Waals surface area contributed by atoms with Crippen LogP contribution in [0, 0.1) is 0 Å². The lowest BCUT2D eigenvalue weighted by atomic mass is 10.2. The van der Waals surface area contributed by atoms with Crippen LogP contribution in [0.1, 0.15) is 0 Å². The summed E-state index contributed by atoms with van der Waals surface area (Å²) < 4.78 is 5.07. The molecule has 0 saturated heterocycles. The van der Waals surface area contributed by atoms with Crippen molar-refractivity contribution in [2.75, 3.05) is 18.2 Å². The molecule has 2 aromatic carbocycles. The molecule has 3 N–H and O–H groups in total. The molecule has 0 saturated carbocycles. The van der Waals surface area contributed by atoms with E-state index in [4.69, 9.17) is 10.5 Å². The number of hydrogen-bond donors (Lipinski definition) is 2. The number of nitrogen functional groups attached to an aromatic ring is 1. The second-order valence-corrected chi connectivity index (χ2v) is 5.04. The molecule has 1 aromatic heterocycles. The minimum atomic E-state index is -0.249. The van der Waals surface area contributed by atoms with Crippen molar-refractivity contribution in [1.82, 2.24) is 20.2 Å². The maximum atomic E-state index is 12.0. The zero-order valence-corrected chi connectivity index (χ0v) is 13.0. The van der Waals surface area contributed by atoms with Gasteiger partial charge in [0.25, 0.3) is 0 Å². The first-order chi connectivity index (χ1) is 11.6. The van der Waals surface area contributed by atoms with Gasteiger partial charge in [-0.3, -0.25) is 4.79 Å². The number of hydrogen-bond acceptors (Lipinski definition) is 6. The van der Waals surface area contributed by atoms with Gasteiger partial charge in [0.1, 0.15) is 12.3 Å². The average Bonchev–Trinajstić information content (AvgIpc) is 3.04. The molecule has 0 unspecified atom stereocenters. The number of nitrogens with two attached hydrogens (primary N) is 1. The fourth-order valence-electron chi connectivity index (χ4n) is 2.06. The molecule has 0 aliphatic rings. The summed E-state index contributed by atoms with van der Waals surface area (Å²) in [5, 5.41) is 14.8. The van der Waals surface area contributed by atoms with Crippen LogP contribution >= 0.6 is 0 Å². The van der Waals surface area contributed by atoms with Gasteiger partial charge in [-0.05, 0) is 53.7 Å². The third-order valence-electron chi connectivity index (χ3n) is 3.28. The van der Waals surface area contributed by atoms with Crippen LogP contribution in [0.3, 0.4) is 0 Å². The molecule has 0 radical (unpaired) electrons. The summed E-state index contributed by atoms with van der Waals surface area (Å²) in [6.45, 7) is -0.0337. The Kier molecular flexibility index (Phi) is 4.37. The van der Waals surface area contributed by atoms with Crippen molar-refractivity contribution in [3.05, 3.63) is 48.5 Å². The highest BCUT2D eigenvalue weighted by atomic mass is 16.5. The maximum Gasteiger partial charge on any atom is 0.248 e. The number of carbonyl (C=O) groups is 1. The lowest BCUT2D eigenvalue weighted by Crippen LogP contribution is -2.20. The van der Waals surface area contributed by atoms with Crippen molar-refractivity contribution in [2.45, 2.75) is 6.54 Å². The van der Waals surface area contributed by atoms with Gasteiger partial charge in [0, 0.05) is 16.9 Å². The first kappa shape index (κ1) is 15.5. The van der Waals surface area contributed by atoms with Crippen LogP contribution in [0.15, 0.2) is 48.5 Å². The Labute approximate surface area is 138 Å². The second kappa shape index (κ2) is 6.78. The number of benzene rings is 2. The number of rotatable bonds is 5. The van der Waals surface area contributed by atoms with Gasteiger partial charge in [0.2, 0.25) is 11.7 Å². The molecule has 0 atom stereocenters. The number of carbonyl (C=O) groups excluding carboxylic acids is 1. The first-order valence-corrected chi connectivity index (χ1v) is 7.21. The molecule has 0 aliphatic heterocycles. The van der Waals surface area contributed by atoms with Crippen LogP contribution in [0.5, 0.6) is 5.75 Å². The smallest absolute Gasteiger partial charge is 0.248 e. The van der Waals surface area contributed by atoms with Crippen molar-refractivity contribution in [2.24, 2.45) is 0 Å². The zero-order chi connectivity index (χ0) is 16.9. The maximum absolute atomic E-state index is 12.0. The third-order valence-corrected chi connectivity index (χ3v) is 3.28. The van der Waals surface area contributed by atoms with Crippen molar-refractivity contribution >= 4 is 17.3 Å². The molecule has 24 heavy (non-hydrogen) atoms. The van der Waals surface area contributed by atoms with Gasteiger partial charge >= 0.3 is 0 Å². The molecule has 3 aromatic rings. The molecule has 8 heteroatoms. The van der Waals surface area contributed by atoms with Crippen molar-refractivity contribution in [3.63, 3.8) is 0 Å². The van der Waals surface area contributed by atoms with E-state index in [2.05, 4.69) is 20.7 Å². The van der Waals surface area contributed by atoms with Gasteiger partial charge in [-0.15, -0.1) is 10.2 Å². The van der Waals surface area contributed by atoms with Crippen LogP contribution in [-0.4, -0.2) is 33.2 Å². The Bertz CT molecular complexity index is 827. The van der Waals surface area contributed by atoms with Gasteiger partial charge in [0.05, 0.1) is 7.11 Å². The van der Waals surface area contributed by atoms with Crippen LogP contribution in [-0.2, 0) is 11.3 Å². The van der Waals surface area contributed by atoms with Crippen LogP contribution in [0.2, 0.25) is 0 Å². The Morgan fingerprint density at radius 3 is 2.54 bits per heavy atom. The first-order valence-electron chi connectivity index (χ1n) is 7.21. The molecular weight excluding hydrogens is 308 g/mol. The Morgan fingerprint density at radius 1 is 1.17 bits per heavy atom. The summed E-state index contributed by atoms with van der Waals surface area (Å²) in [6, 6.07) is 14.2. The molecule has 1 heterocycles. The highest BCUT2D eigenvalue weighted by molar-refractivity contribution is 5.90. The summed E-state index contributed by atoms with van der Waals surface area (Å²) in [4.78, 5) is 13.3. The van der Waals surface area contributed by atoms with Gasteiger partial charge < -0.3 is 15.8 Å². The standard InChI is InChI=1S/C16H16N6O2/c1-24-14-8-6-13(7-9-14)18-15(23)10-22-20-16(19-21-22)11-2-4-12(17)5-3-11/h2-9H,10,17H2,1H3,(H,18,23). The van der Waals surface area contributed by atoms with E-state index in [9.17, 15) is 4.79 Å². The molecule has 8 nitrogen and oxygen atoms in total. The highest BCUT2D eigenvalue weighted by Gasteiger charge is 2.09. The summed E-state index contributed by atoms with van der Waals surface area (Å²) in [5.41, 5.74) is 7.75. The minimum Gasteiger partial charge on any atom is -0.497 e. The van der Waals surface area contributed by atoms with Crippen LogP contribution in [0.4, 0.5) is 11.4 Å². The van der Waals surface area contributed by atoms with Gasteiger partial charge in [-0.25, -0.2) is 0 Å². The fourth-order valence-corrected chi connectivity index (χ4v) is 2.06. The van der Waals surface area contributed by atoms with Crippen molar-refractivity contribution < 1.29 is 9.53 Å². The fraction of sp³-hybridized carbons (Fsp3) is 0.125. The number of nitrogens with zero attached hydrogens (tertiary/aromatic N) is 4. The van der Waals surface area contributed by atoms with E-state index in [1.807, 2.05) is 0 Å². The summed E-state index contributed by atoms with van der Waals surface area (Å²) in [5.74, 6) is 0.910. The zero-order valence-electron chi connectivity index (χ0n) is 13.0. The molecule has 0 bridgehead atoms. The number of nitrogens with one attached hydrogen (secondary N) is 1. The molecule has 3 rings (SSSR count). The molecule has 0 spiro atoms. The third kappa shape index (κ3) is 3.67. The summed E-state index contributed by atoms with van der Waals surface area (Å²) in [6.07, 6.45) is 0. The van der Waals surface area contributed by atoms with Gasteiger partial charge in [0.15, 0.2) is 0 Å². The van der Waals surface area contributed by atoms with E-state index in [1.165, 1.54) is 4.80 Å². The number of tetrazole rings is 1. The summed E-state index contributed by atoms with van der Waals surface area (Å²) >= 11 is 0.